The Morgan fingerprint density at radius 3 is 2.03 bits per heavy atom. The average molecular weight is 444 g/mol. The van der Waals surface area contributed by atoms with Crippen molar-refractivity contribution in [2.75, 3.05) is 14.2 Å². The summed E-state index contributed by atoms with van der Waals surface area (Å²) in [6.45, 7) is 1.71. The molecule has 1 aromatic heterocycles. The molecule has 0 aliphatic heterocycles. The molecule has 0 bridgehead atoms. The van der Waals surface area contributed by atoms with Crippen molar-refractivity contribution in [1.29, 1.82) is 0 Å². The van der Waals surface area contributed by atoms with E-state index in [1.165, 1.54) is 25.0 Å². The molecule has 1 heterocycles. The topological polar surface area (TPSA) is 70.4 Å². The molecular formula is C26H21FN2O4. The first-order valence-electron chi connectivity index (χ1n) is 10.2. The maximum Gasteiger partial charge on any atom is 0.357 e. The Labute approximate surface area is 190 Å². The van der Waals surface area contributed by atoms with Gasteiger partial charge in [0.25, 0.3) is 0 Å². The van der Waals surface area contributed by atoms with Crippen molar-refractivity contribution in [3.63, 3.8) is 0 Å². The summed E-state index contributed by atoms with van der Waals surface area (Å²) in [7, 11) is 2.48. The number of hydrogen-bond donors (Lipinski definition) is 0. The van der Waals surface area contributed by atoms with Gasteiger partial charge in [-0.15, -0.1) is 0 Å². The third-order valence-corrected chi connectivity index (χ3v) is 5.32. The Morgan fingerprint density at radius 1 is 0.818 bits per heavy atom. The summed E-state index contributed by atoms with van der Waals surface area (Å²) in [5.74, 6) is -1.71. The number of esters is 2. The van der Waals surface area contributed by atoms with E-state index in [4.69, 9.17) is 9.47 Å². The van der Waals surface area contributed by atoms with Crippen molar-refractivity contribution in [2.45, 2.75) is 6.92 Å². The first-order chi connectivity index (χ1) is 15.9. The Hall–Kier alpha value is -4.26. The number of aromatic nitrogens is 2. The van der Waals surface area contributed by atoms with E-state index in [0.29, 0.717) is 16.8 Å². The second-order valence-corrected chi connectivity index (χ2v) is 7.34. The number of benzene rings is 3. The van der Waals surface area contributed by atoms with Crippen molar-refractivity contribution >= 4 is 11.9 Å². The molecule has 0 saturated carbocycles. The molecule has 7 heteroatoms. The quantitative estimate of drug-likeness (QED) is 0.395. The maximum atomic E-state index is 14.0. The standard InChI is InChI=1S/C26H21FN2O4/c1-16-9-10-19(15-21(16)27)17-11-13-18(14-12-17)23-22(25(30)32-2)24(26(31)33-3)29(28-23)20-7-5-4-6-8-20/h4-15H,1-3H3. The summed E-state index contributed by atoms with van der Waals surface area (Å²) < 4.78 is 25.3. The summed E-state index contributed by atoms with van der Waals surface area (Å²) >= 11 is 0. The lowest BCUT2D eigenvalue weighted by Crippen LogP contribution is -2.15. The Morgan fingerprint density at radius 2 is 1.42 bits per heavy atom. The Balaban J connectivity index is 1.88. The number of nitrogens with zero attached hydrogens (tertiary/aromatic N) is 2. The van der Waals surface area contributed by atoms with Crippen LogP contribution in [-0.2, 0) is 9.47 Å². The largest absolute Gasteiger partial charge is 0.465 e. The zero-order chi connectivity index (χ0) is 23.5. The van der Waals surface area contributed by atoms with Crippen LogP contribution in [0.3, 0.4) is 0 Å². The number of halogens is 1. The van der Waals surface area contributed by atoms with Gasteiger partial charge >= 0.3 is 11.9 Å². The smallest absolute Gasteiger partial charge is 0.357 e. The number of hydrogen-bond acceptors (Lipinski definition) is 5. The molecule has 6 nitrogen and oxygen atoms in total. The van der Waals surface area contributed by atoms with Gasteiger partial charge in [-0.2, -0.15) is 5.10 Å². The lowest BCUT2D eigenvalue weighted by Gasteiger charge is -2.07. The maximum absolute atomic E-state index is 14.0. The molecule has 4 rings (SSSR count). The van der Waals surface area contributed by atoms with Gasteiger partial charge in [0, 0.05) is 5.56 Å². The molecule has 0 radical (unpaired) electrons. The van der Waals surface area contributed by atoms with E-state index < -0.39 is 11.9 Å². The monoisotopic (exact) mass is 444 g/mol. The van der Waals surface area contributed by atoms with Gasteiger partial charge in [0.1, 0.15) is 17.1 Å². The van der Waals surface area contributed by atoms with Gasteiger partial charge in [0.15, 0.2) is 5.69 Å². The van der Waals surface area contributed by atoms with Crippen LogP contribution in [0.2, 0.25) is 0 Å². The third-order valence-electron chi connectivity index (χ3n) is 5.32. The van der Waals surface area contributed by atoms with Crippen LogP contribution in [-0.4, -0.2) is 35.9 Å². The number of aryl methyl sites for hydroxylation is 1. The average Bonchev–Trinajstić information content (AvgIpc) is 3.26. The first kappa shape index (κ1) is 22.0. The van der Waals surface area contributed by atoms with Crippen LogP contribution < -0.4 is 0 Å². The number of rotatable bonds is 5. The molecule has 0 amide bonds. The molecular weight excluding hydrogens is 423 g/mol. The summed E-state index contributed by atoms with van der Waals surface area (Å²) in [5.41, 5.74) is 3.51. The molecule has 0 saturated heterocycles. The number of carbonyl (C=O) groups excluding carboxylic acids is 2. The van der Waals surface area contributed by atoms with Crippen molar-refractivity contribution in [3.05, 3.63) is 95.4 Å². The van der Waals surface area contributed by atoms with Crippen molar-refractivity contribution in [3.8, 4) is 28.1 Å². The van der Waals surface area contributed by atoms with Gasteiger partial charge in [0.2, 0.25) is 0 Å². The minimum absolute atomic E-state index is 0.00216. The fourth-order valence-electron chi connectivity index (χ4n) is 3.55. The van der Waals surface area contributed by atoms with Gasteiger partial charge in [0.05, 0.1) is 19.9 Å². The van der Waals surface area contributed by atoms with Gasteiger partial charge in [-0.1, -0.05) is 54.6 Å². The normalized spacial score (nSPS) is 10.7. The highest BCUT2D eigenvalue weighted by molar-refractivity contribution is 6.06. The van der Waals surface area contributed by atoms with Crippen molar-refractivity contribution in [2.24, 2.45) is 0 Å². The molecule has 166 valence electrons. The lowest BCUT2D eigenvalue weighted by molar-refractivity contribution is 0.0549. The Bertz CT molecular complexity index is 1330. The van der Waals surface area contributed by atoms with Crippen LogP contribution in [0.5, 0.6) is 0 Å². The molecule has 0 unspecified atom stereocenters. The van der Waals surface area contributed by atoms with Gasteiger partial charge in [-0.25, -0.2) is 18.7 Å². The zero-order valence-electron chi connectivity index (χ0n) is 18.3. The fourth-order valence-corrected chi connectivity index (χ4v) is 3.55. The van der Waals surface area contributed by atoms with Crippen LogP contribution in [0.4, 0.5) is 4.39 Å². The van der Waals surface area contributed by atoms with E-state index >= 15 is 0 Å². The van der Waals surface area contributed by atoms with Gasteiger partial charge < -0.3 is 9.47 Å². The number of methoxy groups -OCH3 is 2. The molecule has 0 fully saturated rings. The highest BCUT2D eigenvalue weighted by Crippen LogP contribution is 2.31. The van der Waals surface area contributed by atoms with E-state index in [2.05, 4.69) is 5.10 Å². The molecule has 0 N–H and O–H groups in total. The number of ether oxygens (including phenoxy) is 2. The highest BCUT2D eigenvalue weighted by atomic mass is 19.1. The summed E-state index contributed by atoms with van der Waals surface area (Å²) in [6, 6.07) is 21.1. The van der Waals surface area contributed by atoms with Crippen LogP contribution >= 0.6 is 0 Å². The highest BCUT2D eigenvalue weighted by Gasteiger charge is 2.31. The van der Waals surface area contributed by atoms with E-state index in [0.717, 1.165) is 11.1 Å². The van der Waals surface area contributed by atoms with Crippen LogP contribution in [0.25, 0.3) is 28.1 Å². The number of carbonyl (C=O) groups is 2. The van der Waals surface area contributed by atoms with Gasteiger partial charge in [-0.05, 0) is 41.8 Å². The van der Waals surface area contributed by atoms with E-state index in [-0.39, 0.29) is 22.8 Å². The van der Waals surface area contributed by atoms with Gasteiger partial charge in [-0.3, -0.25) is 0 Å². The summed E-state index contributed by atoms with van der Waals surface area (Å²) in [6.07, 6.45) is 0. The van der Waals surface area contributed by atoms with Crippen LogP contribution in [0, 0.1) is 12.7 Å². The lowest BCUT2D eigenvalue weighted by atomic mass is 10.00. The molecule has 3 aromatic carbocycles. The minimum Gasteiger partial charge on any atom is -0.465 e. The molecule has 0 aliphatic rings. The van der Waals surface area contributed by atoms with Crippen molar-refractivity contribution < 1.29 is 23.5 Å². The van der Waals surface area contributed by atoms with Crippen LogP contribution in [0.1, 0.15) is 26.4 Å². The number of para-hydroxylation sites is 1. The van der Waals surface area contributed by atoms with E-state index in [9.17, 15) is 14.0 Å². The summed E-state index contributed by atoms with van der Waals surface area (Å²) in [5, 5.41) is 4.57. The summed E-state index contributed by atoms with van der Waals surface area (Å²) in [4.78, 5) is 25.4. The van der Waals surface area contributed by atoms with Crippen molar-refractivity contribution in [1.82, 2.24) is 9.78 Å². The molecule has 33 heavy (non-hydrogen) atoms. The first-order valence-corrected chi connectivity index (χ1v) is 10.2. The molecule has 0 atom stereocenters. The van der Waals surface area contributed by atoms with Crippen LogP contribution in [0.15, 0.2) is 72.8 Å². The second kappa shape index (κ2) is 9.08. The molecule has 4 aromatic rings. The predicted octanol–water partition coefficient (Wildman–Crippen LogP) is 5.23. The SMILES string of the molecule is COC(=O)c1c(-c2ccc(-c3ccc(C)c(F)c3)cc2)nn(-c2ccccc2)c1C(=O)OC. The second-order valence-electron chi connectivity index (χ2n) is 7.34. The molecule has 0 aliphatic carbocycles. The third kappa shape index (κ3) is 4.13. The molecule has 0 spiro atoms. The predicted molar refractivity (Wildman–Crippen MR) is 122 cm³/mol. The van der Waals surface area contributed by atoms with E-state index in [1.54, 1.807) is 61.5 Å². The zero-order valence-corrected chi connectivity index (χ0v) is 18.3. The van der Waals surface area contributed by atoms with E-state index in [1.807, 2.05) is 12.1 Å². The fraction of sp³-hybridized carbons (Fsp3) is 0.115. The Kier molecular flexibility index (Phi) is 6.04. The minimum atomic E-state index is -0.718.